The second kappa shape index (κ2) is 9.74. The molecule has 1 atom stereocenters. The molecule has 180 valence electrons. The van der Waals surface area contributed by atoms with Crippen LogP contribution in [0.3, 0.4) is 0 Å². The summed E-state index contributed by atoms with van der Waals surface area (Å²) >= 11 is 0. The highest BCUT2D eigenvalue weighted by atomic mass is 16.3. The molecule has 8 heteroatoms. The molecule has 1 unspecified atom stereocenters. The van der Waals surface area contributed by atoms with Gasteiger partial charge in [0.2, 0.25) is 5.91 Å². The molecule has 0 spiro atoms. The van der Waals surface area contributed by atoms with Crippen molar-refractivity contribution in [1.82, 2.24) is 20.1 Å². The largest absolute Gasteiger partial charge is 0.506 e. The first-order chi connectivity index (χ1) is 17.0. The van der Waals surface area contributed by atoms with Crippen molar-refractivity contribution in [2.24, 2.45) is 0 Å². The number of phenols is 1. The van der Waals surface area contributed by atoms with Gasteiger partial charge in [-0.15, -0.1) is 0 Å². The Morgan fingerprint density at radius 3 is 2.40 bits per heavy atom. The summed E-state index contributed by atoms with van der Waals surface area (Å²) in [5.41, 5.74) is 0.825. The molecule has 2 aromatic carbocycles. The number of carbonyl (C=O) groups is 3. The van der Waals surface area contributed by atoms with Crippen LogP contribution in [0.1, 0.15) is 46.4 Å². The fraction of sp³-hybridized carbons (Fsp3) is 0.333. The molecule has 3 aromatic rings. The first kappa shape index (κ1) is 22.8. The molecule has 2 aliphatic rings. The number of fused-ring (bicyclic) bond motifs is 1. The summed E-state index contributed by atoms with van der Waals surface area (Å²) in [4.78, 5) is 46.4. The molecule has 0 aliphatic carbocycles. The molecule has 0 saturated carbocycles. The summed E-state index contributed by atoms with van der Waals surface area (Å²) in [5, 5.41) is 15.3. The van der Waals surface area contributed by atoms with Crippen molar-refractivity contribution < 1.29 is 19.5 Å². The van der Waals surface area contributed by atoms with Crippen LogP contribution in [-0.2, 0) is 4.79 Å². The zero-order valence-electron chi connectivity index (χ0n) is 19.4. The minimum Gasteiger partial charge on any atom is -0.506 e. The molecule has 2 saturated heterocycles. The van der Waals surface area contributed by atoms with Crippen LogP contribution < -0.4 is 5.32 Å². The number of hydrogen-bond acceptors (Lipinski definition) is 5. The van der Waals surface area contributed by atoms with Gasteiger partial charge in [0.15, 0.2) is 0 Å². The maximum atomic E-state index is 13.3. The number of rotatable bonds is 4. The molecule has 5 rings (SSSR count). The highest BCUT2D eigenvalue weighted by molar-refractivity contribution is 6.05. The fourth-order valence-electron chi connectivity index (χ4n) is 5.07. The van der Waals surface area contributed by atoms with Crippen LogP contribution in [0.5, 0.6) is 5.75 Å². The third-order valence-corrected chi connectivity index (χ3v) is 7.00. The van der Waals surface area contributed by atoms with Crippen molar-refractivity contribution in [3.63, 3.8) is 0 Å². The van der Waals surface area contributed by atoms with E-state index in [2.05, 4.69) is 10.3 Å². The average Bonchev–Trinajstić information content (AvgIpc) is 3.40. The number of likely N-dealkylation sites (tertiary alicyclic amines) is 2. The van der Waals surface area contributed by atoms with Gasteiger partial charge in [-0.2, -0.15) is 0 Å². The number of aromatic hydroxyl groups is 1. The Labute approximate surface area is 203 Å². The first-order valence-corrected chi connectivity index (χ1v) is 12.0. The summed E-state index contributed by atoms with van der Waals surface area (Å²) in [6.07, 6.45) is 5.85. The molecule has 3 amide bonds. The Bertz CT molecular complexity index is 1250. The van der Waals surface area contributed by atoms with E-state index >= 15 is 0 Å². The predicted molar refractivity (Wildman–Crippen MR) is 131 cm³/mol. The second-order valence-corrected chi connectivity index (χ2v) is 9.15. The van der Waals surface area contributed by atoms with Gasteiger partial charge in [0.1, 0.15) is 11.8 Å². The van der Waals surface area contributed by atoms with E-state index in [-0.39, 0.29) is 35.1 Å². The quantitative estimate of drug-likeness (QED) is 0.608. The number of nitrogens with one attached hydrogen (secondary N) is 1. The van der Waals surface area contributed by atoms with Gasteiger partial charge < -0.3 is 20.2 Å². The van der Waals surface area contributed by atoms with Gasteiger partial charge >= 0.3 is 0 Å². The SMILES string of the molecule is O=C(NC1CCN(C(=O)c2ccncc2)CC1)C1CCCN1C(=O)c1ccc2ccccc2c1O. The maximum absolute atomic E-state index is 13.3. The standard InChI is InChI=1S/C27H28N4O4/c32-24-21-5-2-1-4-18(21)7-8-22(24)27(35)31-15-3-6-23(31)25(33)29-20-11-16-30(17-12-20)26(34)19-9-13-28-14-10-19/h1-2,4-5,7-10,13-14,20,23,32H,3,6,11-12,15-17H2,(H,29,33). The lowest BCUT2D eigenvalue weighted by atomic mass is 10.0. The van der Waals surface area contributed by atoms with Crippen molar-refractivity contribution in [3.8, 4) is 5.75 Å². The van der Waals surface area contributed by atoms with Crippen LogP contribution in [0.4, 0.5) is 0 Å². The van der Waals surface area contributed by atoms with Crippen molar-refractivity contribution >= 4 is 28.5 Å². The molecule has 2 aliphatic heterocycles. The van der Waals surface area contributed by atoms with Crippen LogP contribution in [0.15, 0.2) is 60.9 Å². The van der Waals surface area contributed by atoms with Gasteiger partial charge in [-0.05, 0) is 49.3 Å². The number of phenolic OH excluding ortho intramolecular Hbond substituents is 1. The molecule has 0 radical (unpaired) electrons. The predicted octanol–water partition coefficient (Wildman–Crippen LogP) is 2.97. The number of carbonyl (C=O) groups excluding carboxylic acids is 3. The zero-order chi connectivity index (χ0) is 24.4. The van der Waals surface area contributed by atoms with E-state index in [9.17, 15) is 19.5 Å². The van der Waals surface area contributed by atoms with Crippen LogP contribution in [-0.4, -0.2) is 69.3 Å². The van der Waals surface area contributed by atoms with Crippen molar-refractivity contribution in [1.29, 1.82) is 0 Å². The van der Waals surface area contributed by atoms with Gasteiger partial charge in [-0.3, -0.25) is 19.4 Å². The highest BCUT2D eigenvalue weighted by Crippen LogP contribution is 2.31. The third kappa shape index (κ3) is 4.56. The lowest BCUT2D eigenvalue weighted by Crippen LogP contribution is -2.52. The topological polar surface area (TPSA) is 103 Å². The molecular weight excluding hydrogens is 444 g/mol. The fourth-order valence-corrected chi connectivity index (χ4v) is 5.07. The van der Waals surface area contributed by atoms with Crippen LogP contribution in [0.2, 0.25) is 0 Å². The Morgan fingerprint density at radius 1 is 0.886 bits per heavy atom. The smallest absolute Gasteiger partial charge is 0.258 e. The summed E-state index contributed by atoms with van der Waals surface area (Å²) in [5.74, 6) is -0.580. The van der Waals surface area contributed by atoms with Gasteiger partial charge in [-0.1, -0.05) is 30.3 Å². The van der Waals surface area contributed by atoms with Gasteiger partial charge in [-0.25, -0.2) is 0 Å². The van der Waals surface area contributed by atoms with Crippen molar-refractivity contribution in [2.75, 3.05) is 19.6 Å². The second-order valence-electron chi connectivity index (χ2n) is 9.15. The third-order valence-electron chi connectivity index (χ3n) is 7.00. The van der Waals surface area contributed by atoms with Crippen LogP contribution in [0.25, 0.3) is 10.8 Å². The molecule has 35 heavy (non-hydrogen) atoms. The molecule has 0 bridgehead atoms. The molecule has 1 aromatic heterocycles. The molecule has 3 heterocycles. The minimum atomic E-state index is -0.565. The number of benzene rings is 2. The maximum Gasteiger partial charge on any atom is 0.258 e. The van der Waals surface area contributed by atoms with Crippen molar-refractivity contribution in [2.45, 2.75) is 37.8 Å². The summed E-state index contributed by atoms with van der Waals surface area (Å²) in [6, 6.07) is 13.6. The number of hydrogen-bond donors (Lipinski definition) is 2. The van der Waals surface area contributed by atoms with E-state index in [1.807, 2.05) is 24.3 Å². The molecule has 2 fully saturated rings. The Hall–Kier alpha value is -3.94. The monoisotopic (exact) mass is 472 g/mol. The van der Waals surface area contributed by atoms with E-state index in [4.69, 9.17) is 0 Å². The summed E-state index contributed by atoms with van der Waals surface area (Å²) < 4.78 is 0. The Balaban J connectivity index is 1.21. The lowest BCUT2D eigenvalue weighted by molar-refractivity contribution is -0.125. The summed E-state index contributed by atoms with van der Waals surface area (Å²) in [6.45, 7) is 1.59. The van der Waals surface area contributed by atoms with Gasteiger partial charge in [0.25, 0.3) is 11.8 Å². The normalized spacial score (nSPS) is 18.6. The van der Waals surface area contributed by atoms with E-state index < -0.39 is 6.04 Å². The Kier molecular flexibility index (Phi) is 6.35. The molecular formula is C27H28N4O4. The number of pyridine rings is 1. The molecule has 8 nitrogen and oxygen atoms in total. The first-order valence-electron chi connectivity index (χ1n) is 12.0. The number of nitrogens with zero attached hydrogens (tertiary/aromatic N) is 3. The lowest BCUT2D eigenvalue weighted by Gasteiger charge is -2.33. The van der Waals surface area contributed by atoms with E-state index in [0.717, 1.165) is 11.8 Å². The number of aromatic nitrogens is 1. The zero-order valence-corrected chi connectivity index (χ0v) is 19.4. The van der Waals surface area contributed by atoms with Crippen LogP contribution >= 0.6 is 0 Å². The average molecular weight is 473 g/mol. The van der Waals surface area contributed by atoms with Gasteiger partial charge in [0.05, 0.1) is 5.56 Å². The van der Waals surface area contributed by atoms with Crippen molar-refractivity contribution in [3.05, 3.63) is 72.1 Å². The Morgan fingerprint density at radius 2 is 1.63 bits per heavy atom. The highest BCUT2D eigenvalue weighted by Gasteiger charge is 2.37. The number of piperidine rings is 1. The van der Waals surface area contributed by atoms with E-state index in [0.29, 0.717) is 49.8 Å². The van der Waals surface area contributed by atoms with E-state index in [1.165, 1.54) is 0 Å². The minimum absolute atomic E-state index is 0.0278. The van der Waals surface area contributed by atoms with Crippen LogP contribution in [0, 0.1) is 0 Å². The summed E-state index contributed by atoms with van der Waals surface area (Å²) in [7, 11) is 0. The molecule has 2 N–H and O–H groups in total. The number of amides is 3. The van der Waals surface area contributed by atoms with Gasteiger partial charge in [0, 0.05) is 49.0 Å². The van der Waals surface area contributed by atoms with E-state index in [1.54, 1.807) is 46.5 Å².